The number of fused-ring (bicyclic) bond motifs is 1. The molecule has 3 heteroatoms. The lowest BCUT2D eigenvalue weighted by molar-refractivity contribution is 0.0508. The largest absolute Gasteiger partial charge is 0.444 e. The van der Waals surface area contributed by atoms with Gasteiger partial charge in [-0.05, 0) is 44.0 Å². The molecule has 2 aromatic carbocycles. The van der Waals surface area contributed by atoms with E-state index in [2.05, 4.69) is 23.5 Å². The maximum absolute atomic E-state index is 11.8. The predicted molar refractivity (Wildman–Crippen MR) is 81.7 cm³/mol. The summed E-state index contributed by atoms with van der Waals surface area (Å²) in [6.07, 6.45) is -0.391. The number of hydrogen-bond donors (Lipinski definition) is 1. The zero-order valence-electron chi connectivity index (χ0n) is 12.4. The molecule has 0 saturated heterocycles. The summed E-state index contributed by atoms with van der Waals surface area (Å²) >= 11 is 0. The van der Waals surface area contributed by atoms with E-state index in [1.54, 1.807) is 0 Å². The van der Waals surface area contributed by atoms with Gasteiger partial charge in [0, 0.05) is 0 Å². The highest BCUT2D eigenvalue weighted by Gasteiger charge is 2.18. The predicted octanol–water partition coefficient (Wildman–Crippen LogP) is 4.43. The van der Waals surface area contributed by atoms with E-state index in [-0.39, 0.29) is 6.04 Å². The van der Waals surface area contributed by atoms with Crippen LogP contribution in [0.15, 0.2) is 42.5 Å². The summed E-state index contributed by atoms with van der Waals surface area (Å²) in [4.78, 5) is 11.8. The van der Waals surface area contributed by atoms with Gasteiger partial charge in [0.1, 0.15) is 5.60 Å². The first kappa shape index (κ1) is 14.4. The normalized spacial score (nSPS) is 13.0. The third kappa shape index (κ3) is 3.50. The Kier molecular flexibility index (Phi) is 3.98. The van der Waals surface area contributed by atoms with Crippen molar-refractivity contribution in [1.82, 2.24) is 5.32 Å². The number of hydrogen-bond acceptors (Lipinski definition) is 2. The van der Waals surface area contributed by atoms with E-state index in [0.717, 1.165) is 10.9 Å². The third-order valence-corrected chi connectivity index (χ3v) is 3.02. The molecule has 0 fully saturated rings. The average molecular weight is 271 g/mol. The second-order valence-corrected chi connectivity index (χ2v) is 5.94. The number of alkyl carbamates (subject to hydrolysis) is 1. The molecule has 0 aliphatic rings. The summed E-state index contributed by atoms with van der Waals surface area (Å²) in [5.74, 6) is 0. The summed E-state index contributed by atoms with van der Waals surface area (Å²) in [5, 5.41) is 5.20. The van der Waals surface area contributed by atoms with Crippen LogP contribution in [0.4, 0.5) is 4.79 Å². The van der Waals surface area contributed by atoms with Crippen molar-refractivity contribution in [3.8, 4) is 0 Å². The van der Waals surface area contributed by atoms with Crippen LogP contribution in [0.25, 0.3) is 10.8 Å². The molecule has 0 aromatic heterocycles. The van der Waals surface area contributed by atoms with Crippen molar-refractivity contribution >= 4 is 16.9 Å². The van der Waals surface area contributed by atoms with Crippen LogP contribution in [-0.4, -0.2) is 11.7 Å². The van der Waals surface area contributed by atoms with Crippen molar-refractivity contribution in [2.45, 2.75) is 39.3 Å². The van der Waals surface area contributed by atoms with Crippen LogP contribution in [0, 0.1) is 0 Å². The van der Waals surface area contributed by atoms with E-state index >= 15 is 0 Å². The molecule has 20 heavy (non-hydrogen) atoms. The highest BCUT2D eigenvalue weighted by atomic mass is 16.6. The average Bonchev–Trinajstić information content (AvgIpc) is 2.35. The van der Waals surface area contributed by atoms with Gasteiger partial charge < -0.3 is 10.1 Å². The van der Waals surface area contributed by atoms with Gasteiger partial charge in [-0.15, -0.1) is 0 Å². The highest BCUT2D eigenvalue weighted by Crippen LogP contribution is 2.24. The van der Waals surface area contributed by atoms with Crippen LogP contribution in [0.5, 0.6) is 0 Å². The summed E-state index contributed by atoms with van der Waals surface area (Å²) < 4.78 is 5.29. The molecule has 0 heterocycles. The molecule has 0 unspecified atom stereocenters. The SMILES string of the molecule is C[C@@H](NC(=O)OC(C)(C)C)c1cccc2ccccc12. The first-order valence-corrected chi connectivity index (χ1v) is 6.84. The number of nitrogens with one attached hydrogen (secondary N) is 1. The molecule has 0 radical (unpaired) electrons. The first-order chi connectivity index (χ1) is 9.37. The fourth-order valence-electron chi connectivity index (χ4n) is 2.19. The zero-order valence-corrected chi connectivity index (χ0v) is 12.4. The molecule has 1 atom stereocenters. The lowest BCUT2D eigenvalue weighted by atomic mass is 10.00. The van der Waals surface area contributed by atoms with Crippen LogP contribution in [0.2, 0.25) is 0 Å². The number of carbonyl (C=O) groups excluding carboxylic acids is 1. The molecule has 2 rings (SSSR count). The van der Waals surface area contributed by atoms with Gasteiger partial charge in [0.2, 0.25) is 0 Å². The minimum Gasteiger partial charge on any atom is -0.444 e. The minimum absolute atomic E-state index is 0.101. The number of amides is 1. The first-order valence-electron chi connectivity index (χ1n) is 6.84. The van der Waals surface area contributed by atoms with Gasteiger partial charge in [0.15, 0.2) is 0 Å². The highest BCUT2D eigenvalue weighted by molar-refractivity contribution is 5.86. The van der Waals surface area contributed by atoms with Crippen LogP contribution < -0.4 is 5.32 Å². The second-order valence-electron chi connectivity index (χ2n) is 5.94. The Morgan fingerprint density at radius 1 is 1.10 bits per heavy atom. The van der Waals surface area contributed by atoms with E-state index in [1.165, 1.54) is 5.39 Å². The lowest BCUT2D eigenvalue weighted by Crippen LogP contribution is -2.34. The molecule has 0 bridgehead atoms. The molecular formula is C17H21NO2. The van der Waals surface area contributed by atoms with Gasteiger partial charge in [-0.25, -0.2) is 4.79 Å². The van der Waals surface area contributed by atoms with E-state index in [1.807, 2.05) is 52.0 Å². The smallest absolute Gasteiger partial charge is 0.408 e. The van der Waals surface area contributed by atoms with Gasteiger partial charge in [-0.2, -0.15) is 0 Å². The maximum atomic E-state index is 11.8. The monoisotopic (exact) mass is 271 g/mol. The topological polar surface area (TPSA) is 38.3 Å². The molecule has 106 valence electrons. The Morgan fingerprint density at radius 3 is 2.45 bits per heavy atom. The van der Waals surface area contributed by atoms with Crippen LogP contribution in [-0.2, 0) is 4.74 Å². The van der Waals surface area contributed by atoms with Crippen molar-refractivity contribution in [2.75, 3.05) is 0 Å². The molecule has 3 nitrogen and oxygen atoms in total. The molecule has 1 N–H and O–H groups in total. The Bertz CT molecular complexity index is 608. The quantitative estimate of drug-likeness (QED) is 0.877. The minimum atomic E-state index is -0.484. The van der Waals surface area contributed by atoms with Gasteiger partial charge in [0.05, 0.1) is 6.04 Å². The van der Waals surface area contributed by atoms with Crippen molar-refractivity contribution < 1.29 is 9.53 Å². The standard InChI is InChI=1S/C17H21NO2/c1-12(18-16(19)20-17(2,3)4)14-11-7-9-13-8-5-6-10-15(13)14/h5-12H,1-4H3,(H,18,19)/t12-/m1/s1. The molecule has 0 aliphatic carbocycles. The molecule has 0 aliphatic heterocycles. The number of rotatable bonds is 2. The Morgan fingerprint density at radius 2 is 1.75 bits per heavy atom. The molecule has 0 spiro atoms. The Hall–Kier alpha value is -2.03. The molecular weight excluding hydrogens is 250 g/mol. The van der Waals surface area contributed by atoms with E-state index in [4.69, 9.17) is 4.74 Å². The molecule has 1 amide bonds. The van der Waals surface area contributed by atoms with Crippen molar-refractivity contribution in [3.05, 3.63) is 48.0 Å². The summed E-state index contributed by atoms with van der Waals surface area (Å²) in [5.41, 5.74) is 0.608. The summed E-state index contributed by atoms with van der Waals surface area (Å²) in [6, 6.07) is 14.2. The van der Waals surface area contributed by atoms with Gasteiger partial charge in [0.25, 0.3) is 0 Å². The number of carbonyl (C=O) groups is 1. The summed E-state index contributed by atoms with van der Waals surface area (Å²) in [7, 11) is 0. The number of benzene rings is 2. The lowest BCUT2D eigenvalue weighted by Gasteiger charge is -2.22. The molecule has 2 aromatic rings. The number of ether oxygens (including phenoxy) is 1. The zero-order chi connectivity index (χ0) is 14.8. The van der Waals surface area contributed by atoms with E-state index in [0.29, 0.717) is 0 Å². The van der Waals surface area contributed by atoms with E-state index in [9.17, 15) is 4.79 Å². The van der Waals surface area contributed by atoms with Crippen LogP contribution in [0.1, 0.15) is 39.3 Å². The fourth-order valence-corrected chi connectivity index (χ4v) is 2.19. The fraction of sp³-hybridized carbons (Fsp3) is 0.353. The van der Waals surface area contributed by atoms with Gasteiger partial charge in [-0.1, -0.05) is 42.5 Å². The van der Waals surface area contributed by atoms with E-state index < -0.39 is 11.7 Å². The summed E-state index contributed by atoms with van der Waals surface area (Å²) in [6.45, 7) is 7.53. The van der Waals surface area contributed by atoms with Crippen molar-refractivity contribution in [1.29, 1.82) is 0 Å². The Balaban J connectivity index is 2.20. The van der Waals surface area contributed by atoms with Gasteiger partial charge >= 0.3 is 6.09 Å². The Labute approximate surface area is 119 Å². The third-order valence-electron chi connectivity index (χ3n) is 3.02. The van der Waals surface area contributed by atoms with Crippen molar-refractivity contribution in [2.24, 2.45) is 0 Å². The maximum Gasteiger partial charge on any atom is 0.408 e. The van der Waals surface area contributed by atoms with Crippen molar-refractivity contribution in [3.63, 3.8) is 0 Å². The second kappa shape index (κ2) is 5.53. The van der Waals surface area contributed by atoms with Crippen LogP contribution in [0.3, 0.4) is 0 Å². The molecule has 0 saturated carbocycles. The van der Waals surface area contributed by atoms with Gasteiger partial charge in [-0.3, -0.25) is 0 Å². The van der Waals surface area contributed by atoms with Crippen LogP contribution >= 0.6 is 0 Å².